The number of ether oxygens (including phenoxy) is 1. The van der Waals surface area contributed by atoms with Crippen molar-refractivity contribution in [2.24, 2.45) is 0 Å². The van der Waals surface area contributed by atoms with Gasteiger partial charge in [0, 0.05) is 5.56 Å². The zero-order valence-electron chi connectivity index (χ0n) is 18.8. The number of aryl methyl sites for hydroxylation is 1. The van der Waals surface area contributed by atoms with Crippen LogP contribution in [0.5, 0.6) is 5.75 Å². The fourth-order valence-electron chi connectivity index (χ4n) is 3.85. The third kappa shape index (κ3) is 5.44. The number of aromatic nitrogens is 1. The molecule has 4 rings (SSSR count). The molecule has 0 saturated heterocycles. The number of pyridine rings is 1. The molecule has 4 aromatic rings. The Hall–Kier alpha value is -4.31. The summed E-state index contributed by atoms with van der Waals surface area (Å²) in [5.41, 5.74) is -0.00449. The molecule has 3 aromatic carbocycles. The van der Waals surface area contributed by atoms with E-state index in [-0.39, 0.29) is 18.8 Å². The van der Waals surface area contributed by atoms with Gasteiger partial charge in [0.1, 0.15) is 24.0 Å². The highest BCUT2D eigenvalue weighted by molar-refractivity contribution is 5.64. The first-order chi connectivity index (χ1) is 16.8. The Kier molecular flexibility index (Phi) is 6.74. The van der Waals surface area contributed by atoms with Crippen LogP contribution in [-0.4, -0.2) is 4.57 Å². The number of halogens is 3. The number of nitriles is 1. The van der Waals surface area contributed by atoms with E-state index in [1.54, 1.807) is 54.6 Å². The maximum Gasteiger partial charge on any atom is 0.417 e. The van der Waals surface area contributed by atoms with Crippen LogP contribution in [0.25, 0.3) is 11.3 Å². The van der Waals surface area contributed by atoms with Gasteiger partial charge in [0.2, 0.25) is 0 Å². The van der Waals surface area contributed by atoms with Crippen molar-refractivity contribution in [3.8, 4) is 23.1 Å². The SMILES string of the molecule is Cc1cccc(COc2cccc(-c3cc(C(F)(F)F)c(C#N)c(=O)n3Cc3ccccc3)c2)c1. The van der Waals surface area contributed by atoms with Gasteiger partial charge in [0.15, 0.2) is 0 Å². The van der Waals surface area contributed by atoms with Crippen molar-refractivity contribution in [1.82, 2.24) is 4.57 Å². The fourth-order valence-corrected chi connectivity index (χ4v) is 3.85. The van der Waals surface area contributed by atoms with E-state index in [1.807, 2.05) is 31.2 Å². The number of alkyl halides is 3. The van der Waals surface area contributed by atoms with Crippen LogP contribution in [0.1, 0.15) is 27.8 Å². The lowest BCUT2D eigenvalue weighted by molar-refractivity contribution is -0.137. The highest BCUT2D eigenvalue weighted by Gasteiger charge is 2.36. The highest BCUT2D eigenvalue weighted by atomic mass is 19.4. The van der Waals surface area contributed by atoms with Crippen molar-refractivity contribution in [2.75, 3.05) is 0 Å². The minimum atomic E-state index is -4.86. The summed E-state index contributed by atoms with van der Waals surface area (Å²) in [6, 6.07) is 25.6. The standard InChI is InChI=1S/C28H21F3N2O2/c1-19-7-5-10-21(13-19)18-35-23-12-6-11-22(14-23)26-15-25(28(29,30)31)24(16-32)27(34)33(26)17-20-8-3-2-4-9-20/h2-15H,17-18H2,1H3. The van der Waals surface area contributed by atoms with Gasteiger partial charge in [-0.25, -0.2) is 0 Å². The average molecular weight is 474 g/mol. The van der Waals surface area contributed by atoms with E-state index in [0.717, 1.165) is 17.2 Å². The first-order valence-corrected chi connectivity index (χ1v) is 10.8. The Morgan fingerprint density at radius 1 is 0.914 bits per heavy atom. The average Bonchev–Trinajstić information content (AvgIpc) is 2.84. The molecule has 4 nitrogen and oxygen atoms in total. The smallest absolute Gasteiger partial charge is 0.417 e. The first kappa shape index (κ1) is 23.8. The number of hydrogen-bond donors (Lipinski definition) is 0. The van der Waals surface area contributed by atoms with E-state index in [2.05, 4.69) is 0 Å². The van der Waals surface area contributed by atoms with Gasteiger partial charge in [-0.2, -0.15) is 18.4 Å². The van der Waals surface area contributed by atoms with Gasteiger partial charge in [-0.15, -0.1) is 0 Å². The lowest BCUT2D eigenvalue weighted by Crippen LogP contribution is -2.28. The summed E-state index contributed by atoms with van der Waals surface area (Å²) >= 11 is 0. The third-order valence-corrected chi connectivity index (χ3v) is 5.52. The normalized spacial score (nSPS) is 11.2. The van der Waals surface area contributed by atoms with Crippen LogP contribution in [0.3, 0.4) is 0 Å². The molecule has 0 fully saturated rings. The van der Waals surface area contributed by atoms with Crippen LogP contribution in [0.2, 0.25) is 0 Å². The second-order valence-corrected chi connectivity index (χ2v) is 8.11. The lowest BCUT2D eigenvalue weighted by Gasteiger charge is -2.18. The molecule has 35 heavy (non-hydrogen) atoms. The van der Waals surface area contributed by atoms with Gasteiger partial charge in [0.05, 0.1) is 17.8 Å². The van der Waals surface area contributed by atoms with E-state index in [0.29, 0.717) is 16.9 Å². The molecular weight excluding hydrogens is 453 g/mol. The van der Waals surface area contributed by atoms with Crippen molar-refractivity contribution < 1.29 is 17.9 Å². The molecule has 0 spiro atoms. The number of hydrogen-bond acceptors (Lipinski definition) is 3. The molecule has 0 atom stereocenters. The molecular formula is C28H21F3N2O2. The van der Waals surface area contributed by atoms with Crippen molar-refractivity contribution >= 4 is 0 Å². The summed E-state index contributed by atoms with van der Waals surface area (Å²) in [6.07, 6.45) is -4.86. The van der Waals surface area contributed by atoms with Crippen LogP contribution < -0.4 is 10.3 Å². The monoisotopic (exact) mass is 474 g/mol. The summed E-state index contributed by atoms with van der Waals surface area (Å²) in [5.74, 6) is 0.445. The largest absolute Gasteiger partial charge is 0.489 e. The number of rotatable bonds is 6. The minimum Gasteiger partial charge on any atom is -0.489 e. The summed E-state index contributed by atoms with van der Waals surface area (Å²) in [4.78, 5) is 13.1. The van der Waals surface area contributed by atoms with Crippen LogP contribution in [0, 0.1) is 18.3 Å². The highest BCUT2D eigenvalue weighted by Crippen LogP contribution is 2.34. The molecule has 1 aromatic heterocycles. The molecule has 0 aliphatic heterocycles. The van der Waals surface area contributed by atoms with Gasteiger partial charge in [-0.3, -0.25) is 4.79 Å². The van der Waals surface area contributed by atoms with Crippen LogP contribution in [-0.2, 0) is 19.3 Å². The van der Waals surface area contributed by atoms with Gasteiger partial charge >= 0.3 is 6.18 Å². The second-order valence-electron chi connectivity index (χ2n) is 8.11. The Bertz CT molecular complexity index is 1450. The molecule has 0 unspecified atom stereocenters. The van der Waals surface area contributed by atoms with Gasteiger partial charge in [-0.1, -0.05) is 72.3 Å². The van der Waals surface area contributed by atoms with E-state index in [9.17, 15) is 23.2 Å². The summed E-state index contributed by atoms with van der Waals surface area (Å²) < 4.78 is 48.4. The Morgan fingerprint density at radius 3 is 2.31 bits per heavy atom. The van der Waals surface area contributed by atoms with E-state index in [1.165, 1.54) is 10.6 Å². The molecule has 0 aliphatic carbocycles. The predicted molar refractivity (Wildman–Crippen MR) is 127 cm³/mol. The van der Waals surface area contributed by atoms with Gasteiger partial charge < -0.3 is 9.30 Å². The molecule has 1 heterocycles. The lowest BCUT2D eigenvalue weighted by atomic mass is 10.0. The molecule has 7 heteroatoms. The maximum atomic E-state index is 13.8. The molecule has 0 amide bonds. The van der Waals surface area contributed by atoms with E-state index < -0.39 is 22.9 Å². The van der Waals surface area contributed by atoms with Gasteiger partial charge in [-0.05, 0) is 36.2 Å². The minimum absolute atomic E-state index is 0.0101. The molecule has 0 radical (unpaired) electrons. The number of nitrogens with zero attached hydrogens (tertiary/aromatic N) is 2. The third-order valence-electron chi connectivity index (χ3n) is 5.52. The quantitative estimate of drug-likeness (QED) is 0.328. The molecule has 0 bridgehead atoms. The summed E-state index contributed by atoms with van der Waals surface area (Å²) in [5, 5.41) is 9.37. The van der Waals surface area contributed by atoms with E-state index in [4.69, 9.17) is 4.74 Å². The van der Waals surface area contributed by atoms with Crippen molar-refractivity contribution in [1.29, 1.82) is 5.26 Å². The van der Waals surface area contributed by atoms with Crippen LogP contribution in [0.15, 0.2) is 89.7 Å². The topological polar surface area (TPSA) is 55.0 Å². The zero-order valence-corrected chi connectivity index (χ0v) is 18.8. The maximum absolute atomic E-state index is 13.8. The van der Waals surface area contributed by atoms with Gasteiger partial charge in [0.25, 0.3) is 5.56 Å². The fraction of sp³-hybridized carbons (Fsp3) is 0.143. The predicted octanol–water partition coefficient (Wildman–Crippen LogP) is 6.34. The molecule has 176 valence electrons. The first-order valence-electron chi connectivity index (χ1n) is 10.8. The molecule has 0 saturated carbocycles. The summed E-state index contributed by atoms with van der Waals surface area (Å²) in [7, 11) is 0. The van der Waals surface area contributed by atoms with Crippen molar-refractivity contribution in [2.45, 2.75) is 26.3 Å². The second kappa shape index (κ2) is 9.90. The van der Waals surface area contributed by atoms with Crippen LogP contribution >= 0.6 is 0 Å². The van der Waals surface area contributed by atoms with Crippen LogP contribution in [0.4, 0.5) is 13.2 Å². The van der Waals surface area contributed by atoms with E-state index >= 15 is 0 Å². The zero-order chi connectivity index (χ0) is 25.0. The summed E-state index contributed by atoms with van der Waals surface area (Å²) in [6.45, 7) is 2.26. The molecule has 0 N–H and O–H groups in total. The number of benzene rings is 3. The van der Waals surface area contributed by atoms with Crippen molar-refractivity contribution in [3.63, 3.8) is 0 Å². The van der Waals surface area contributed by atoms with Crippen molar-refractivity contribution in [3.05, 3.63) is 123 Å². The Labute approximate surface area is 200 Å². The Morgan fingerprint density at radius 2 is 1.63 bits per heavy atom. The molecule has 0 aliphatic rings. The Balaban J connectivity index is 1.80.